The van der Waals surface area contributed by atoms with E-state index in [1.165, 1.54) is 0 Å². The minimum Gasteiger partial charge on any atom is -0.481 e. The zero-order valence-electron chi connectivity index (χ0n) is 10.9. The first-order chi connectivity index (χ1) is 9.09. The number of nitrogens with one attached hydrogen (secondary N) is 2. The van der Waals surface area contributed by atoms with Gasteiger partial charge in [0.2, 0.25) is 11.8 Å². The molecule has 0 aromatic rings. The molecular weight excluding hydrogens is 248 g/mol. The number of aliphatic carboxylic acids is 1. The lowest BCUT2D eigenvalue weighted by Crippen LogP contribution is -2.52. The molecule has 1 heterocycles. The summed E-state index contributed by atoms with van der Waals surface area (Å²) in [6, 6.07) is -0.502. The maximum Gasteiger partial charge on any atom is 0.307 e. The predicted octanol–water partition coefficient (Wildman–Crippen LogP) is 0.272. The van der Waals surface area contributed by atoms with Gasteiger partial charge in [-0.05, 0) is 25.7 Å². The molecule has 1 aliphatic carbocycles. The van der Waals surface area contributed by atoms with E-state index in [4.69, 9.17) is 5.11 Å². The summed E-state index contributed by atoms with van der Waals surface area (Å²) in [6.45, 7) is 0.645. The summed E-state index contributed by atoms with van der Waals surface area (Å²) >= 11 is 0. The van der Waals surface area contributed by atoms with Gasteiger partial charge in [0.25, 0.3) is 0 Å². The van der Waals surface area contributed by atoms with Gasteiger partial charge in [-0.25, -0.2) is 0 Å². The predicted molar refractivity (Wildman–Crippen MR) is 67.3 cm³/mol. The van der Waals surface area contributed by atoms with Crippen molar-refractivity contribution in [3.05, 3.63) is 0 Å². The Labute approximate surface area is 111 Å². The van der Waals surface area contributed by atoms with Gasteiger partial charge in [-0.1, -0.05) is 12.8 Å². The summed E-state index contributed by atoms with van der Waals surface area (Å²) in [7, 11) is 0. The maximum atomic E-state index is 12.2. The van der Waals surface area contributed by atoms with E-state index in [0.29, 0.717) is 25.8 Å². The second-order valence-corrected chi connectivity index (χ2v) is 5.33. The van der Waals surface area contributed by atoms with Crippen LogP contribution in [0.1, 0.15) is 38.5 Å². The van der Waals surface area contributed by atoms with Gasteiger partial charge in [0.15, 0.2) is 0 Å². The highest BCUT2D eigenvalue weighted by molar-refractivity contribution is 5.90. The molecule has 1 saturated carbocycles. The first-order valence-corrected chi connectivity index (χ1v) is 6.90. The van der Waals surface area contributed by atoms with E-state index in [1.54, 1.807) is 0 Å². The first-order valence-electron chi connectivity index (χ1n) is 6.90. The quantitative estimate of drug-likeness (QED) is 0.684. The highest BCUT2D eigenvalue weighted by Crippen LogP contribution is 2.30. The molecule has 0 aromatic heterocycles. The molecule has 2 fully saturated rings. The van der Waals surface area contributed by atoms with Gasteiger partial charge < -0.3 is 15.7 Å². The van der Waals surface area contributed by atoms with Gasteiger partial charge in [-0.3, -0.25) is 14.4 Å². The molecule has 3 N–H and O–H groups in total. The summed E-state index contributed by atoms with van der Waals surface area (Å²) in [5.41, 5.74) is 0. The van der Waals surface area contributed by atoms with Crippen molar-refractivity contribution in [1.82, 2.24) is 10.6 Å². The fourth-order valence-corrected chi connectivity index (χ4v) is 2.93. The Kier molecular flexibility index (Phi) is 4.39. The van der Waals surface area contributed by atoms with Crippen LogP contribution in [0.2, 0.25) is 0 Å². The number of carbonyl (C=O) groups excluding carboxylic acids is 2. The van der Waals surface area contributed by atoms with Gasteiger partial charge in [-0.15, -0.1) is 0 Å². The topological polar surface area (TPSA) is 95.5 Å². The summed E-state index contributed by atoms with van der Waals surface area (Å²) in [5.74, 6) is -2.47. The number of piperidine rings is 1. The lowest BCUT2D eigenvalue weighted by atomic mass is 9.78. The second kappa shape index (κ2) is 6.04. The SMILES string of the molecule is O=C1NCCCC1NC(=O)C1CCCCC1C(=O)O. The van der Waals surface area contributed by atoms with Crippen LogP contribution < -0.4 is 10.6 Å². The third-order valence-corrected chi connectivity index (χ3v) is 4.02. The van der Waals surface area contributed by atoms with Crippen LogP contribution in [0.25, 0.3) is 0 Å². The molecule has 2 rings (SSSR count). The number of hydrogen-bond acceptors (Lipinski definition) is 3. The van der Waals surface area contributed by atoms with Gasteiger partial charge in [0, 0.05) is 6.54 Å². The van der Waals surface area contributed by atoms with Crippen molar-refractivity contribution < 1.29 is 19.5 Å². The largest absolute Gasteiger partial charge is 0.481 e. The average Bonchev–Trinajstić information content (AvgIpc) is 2.41. The maximum absolute atomic E-state index is 12.2. The van der Waals surface area contributed by atoms with E-state index in [-0.39, 0.29) is 11.8 Å². The molecular formula is C13H20N2O4. The molecule has 0 aromatic carbocycles. The van der Waals surface area contributed by atoms with E-state index < -0.39 is 23.8 Å². The van der Waals surface area contributed by atoms with E-state index in [9.17, 15) is 14.4 Å². The Balaban J connectivity index is 1.97. The standard InChI is InChI=1S/C13H20N2O4/c16-11(15-10-6-3-7-14-12(10)17)8-4-1-2-5-9(8)13(18)19/h8-10H,1-7H2,(H,14,17)(H,15,16)(H,18,19). The van der Waals surface area contributed by atoms with E-state index in [2.05, 4.69) is 10.6 Å². The monoisotopic (exact) mass is 268 g/mol. The van der Waals surface area contributed by atoms with E-state index in [0.717, 1.165) is 19.3 Å². The van der Waals surface area contributed by atoms with Gasteiger partial charge >= 0.3 is 5.97 Å². The van der Waals surface area contributed by atoms with Gasteiger partial charge in [0.05, 0.1) is 11.8 Å². The van der Waals surface area contributed by atoms with Crippen LogP contribution in [0, 0.1) is 11.8 Å². The van der Waals surface area contributed by atoms with Gasteiger partial charge in [0.1, 0.15) is 6.04 Å². The molecule has 2 aliphatic rings. The zero-order valence-corrected chi connectivity index (χ0v) is 10.9. The highest BCUT2D eigenvalue weighted by atomic mass is 16.4. The molecule has 3 atom stereocenters. The number of carboxylic acid groups (broad SMARTS) is 1. The summed E-state index contributed by atoms with van der Waals surface area (Å²) < 4.78 is 0. The smallest absolute Gasteiger partial charge is 0.307 e. The highest BCUT2D eigenvalue weighted by Gasteiger charge is 2.37. The molecule has 1 saturated heterocycles. The van der Waals surface area contributed by atoms with Crippen LogP contribution in [0.3, 0.4) is 0 Å². The molecule has 6 nitrogen and oxygen atoms in total. The molecule has 106 valence electrons. The van der Waals surface area contributed by atoms with Crippen molar-refractivity contribution in [3.8, 4) is 0 Å². The third kappa shape index (κ3) is 3.24. The molecule has 19 heavy (non-hydrogen) atoms. The average molecular weight is 268 g/mol. The van der Waals surface area contributed by atoms with Crippen molar-refractivity contribution >= 4 is 17.8 Å². The van der Waals surface area contributed by atoms with Crippen LogP contribution in [0.4, 0.5) is 0 Å². The van der Waals surface area contributed by atoms with Crippen LogP contribution in [-0.2, 0) is 14.4 Å². The normalized spacial score (nSPS) is 31.4. The van der Waals surface area contributed by atoms with Crippen molar-refractivity contribution in [2.24, 2.45) is 11.8 Å². The lowest BCUT2D eigenvalue weighted by molar-refractivity contribution is -0.149. The molecule has 6 heteroatoms. The number of hydrogen-bond donors (Lipinski definition) is 3. The first kappa shape index (κ1) is 13.8. The van der Waals surface area contributed by atoms with E-state index in [1.807, 2.05) is 0 Å². The molecule has 0 radical (unpaired) electrons. The van der Waals surface area contributed by atoms with Crippen LogP contribution >= 0.6 is 0 Å². The lowest BCUT2D eigenvalue weighted by Gasteiger charge is -2.30. The number of rotatable bonds is 3. The Morgan fingerprint density at radius 1 is 1.11 bits per heavy atom. The molecule has 0 spiro atoms. The Morgan fingerprint density at radius 3 is 2.42 bits per heavy atom. The van der Waals surface area contributed by atoms with Crippen molar-refractivity contribution in [1.29, 1.82) is 0 Å². The minimum absolute atomic E-state index is 0.165. The minimum atomic E-state index is -0.909. The number of amides is 2. The molecule has 1 aliphatic heterocycles. The third-order valence-electron chi connectivity index (χ3n) is 4.02. The Morgan fingerprint density at radius 2 is 1.79 bits per heavy atom. The van der Waals surface area contributed by atoms with Crippen molar-refractivity contribution in [2.75, 3.05) is 6.54 Å². The van der Waals surface area contributed by atoms with Crippen LogP contribution in [0.5, 0.6) is 0 Å². The fourth-order valence-electron chi connectivity index (χ4n) is 2.93. The van der Waals surface area contributed by atoms with Gasteiger partial charge in [-0.2, -0.15) is 0 Å². The van der Waals surface area contributed by atoms with Crippen LogP contribution in [-0.4, -0.2) is 35.5 Å². The van der Waals surface area contributed by atoms with Crippen molar-refractivity contribution in [3.63, 3.8) is 0 Å². The summed E-state index contributed by atoms with van der Waals surface area (Å²) in [6.07, 6.45) is 4.33. The van der Waals surface area contributed by atoms with E-state index >= 15 is 0 Å². The molecule has 3 unspecified atom stereocenters. The molecule has 0 bridgehead atoms. The Bertz CT molecular complexity index is 383. The Hall–Kier alpha value is -1.59. The van der Waals surface area contributed by atoms with Crippen LogP contribution in [0.15, 0.2) is 0 Å². The second-order valence-electron chi connectivity index (χ2n) is 5.33. The summed E-state index contributed by atoms with van der Waals surface area (Å²) in [5, 5.41) is 14.6. The number of carboxylic acids is 1. The molecule has 2 amide bonds. The zero-order chi connectivity index (χ0) is 13.8. The summed E-state index contributed by atoms with van der Waals surface area (Å²) in [4.78, 5) is 34.9. The fraction of sp³-hybridized carbons (Fsp3) is 0.769. The number of carbonyl (C=O) groups is 3. The van der Waals surface area contributed by atoms with Crippen molar-refractivity contribution in [2.45, 2.75) is 44.6 Å².